The van der Waals surface area contributed by atoms with Gasteiger partial charge in [0.2, 0.25) is 0 Å². The molecule has 0 aromatic rings. The molecular weight excluding hydrogens is 202 g/mol. The number of carbonyl (C=O) groups is 1. The largest absolute Gasteiger partial charge is 0.465 e. The third-order valence-corrected chi connectivity index (χ3v) is 3.98. The van der Waals surface area contributed by atoms with E-state index in [2.05, 4.69) is 12.2 Å². The molecule has 16 heavy (non-hydrogen) atoms. The van der Waals surface area contributed by atoms with Gasteiger partial charge in [-0.2, -0.15) is 0 Å². The van der Waals surface area contributed by atoms with Crippen molar-refractivity contribution in [1.29, 1.82) is 0 Å². The van der Waals surface area contributed by atoms with Crippen LogP contribution in [0.5, 0.6) is 0 Å². The van der Waals surface area contributed by atoms with E-state index < -0.39 is 0 Å². The molecule has 2 aliphatic carbocycles. The Morgan fingerprint density at radius 3 is 2.69 bits per heavy atom. The number of esters is 1. The van der Waals surface area contributed by atoms with Crippen LogP contribution in [0.15, 0.2) is 0 Å². The number of rotatable bonds is 4. The van der Waals surface area contributed by atoms with E-state index in [1.165, 1.54) is 19.3 Å². The highest BCUT2D eigenvalue weighted by Gasteiger charge is 2.48. The second kappa shape index (κ2) is 4.74. The third kappa shape index (κ3) is 2.24. The monoisotopic (exact) mass is 225 g/mol. The van der Waals surface area contributed by atoms with Crippen LogP contribution >= 0.6 is 0 Å². The molecule has 1 N–H and O–H groups in total. The number of carbonyl (C=O) groups excluding carboxylic acids is 1. The van der Waals surface area contributed by atoms with Gasteiger partial charge in [-0.25, -0.2) is 0 Å². The lowest BCUT2D eigenvalue weighted by molar-refractivity contribution is -0.155. The average molecular weight is 225 g/mol. The number of ether oxygens (including phenoxy) is 1. The van der Waals surface area contributed by atoms with Crippen LogP contribution in [0.25, 0.3) is 0 Å². The Morgan fingerprint density at radius 2 is 2.12 bits per heavy atom. The standard InChI is InChI=1S/C13H23NO2/c1-3-16-12(15)13(14-11-7-8-11)9-5-4-6-10(13)2/h10-11,14H,3-9H2,1-2H3. The first-order chi connectivity index (χ1) is 7.69. The highest BCUT2D eigenvalue weighted by atomic mass is 16.5. The summed E-state index contributed by atoms with van der Waals surface area (Å²) in [7, 11) is 0. The highest BCUT2D eigenvalue weighted by Crippen LogP contribution is 2.37. The summed E-state index contributed by atoms with van der Waals surface area (Å²) in [5.41, 5.74) is -0.380. The average Bonchev–Trinajstić information content (AvgIpc) is 3.06. The van der Waals surface area contributed by atoms with Gasteiger partial charge in [0.05, 0.1) is 6.61 Å². The molecule has 2 saturated carbocycles. The van der Waals surface area contributed by atoms with Crippen molar-refractivity contribution in [2.24, 2.45) is 5.92 Å². The first-order valence-corrected chi connectivity index (χ1v) is 6.64. The molecule has 0 aliphatic heterocycles. The van der Waals surface area contributed by atoms with Gasteiger partial charge in [0, 0.05) is 6.04 Å². The third-order valence-electron chi connectivity index (χ3n) is 3.98. The summed E-state index contributed by atoms with van der Waals surface area (Å²) in [6, 6.07) is 0.560. The minimum absolute atomic E-state index is 0.0194. The van der Waals surface area contributed by atoms with Crippen molar-refractivity contribution in [3.8, 4) is 0 Å². The summed E-state index contributed by atoms with van der Waals surface area (Å²) in [5.74, 6) is 0.384. The van der Waals surface area contributed by atoms with E-state index in [0.717, 1.165) is 19.3 Å². The normalized spacial score (nSPS) is 34.8. The summed E-state index contributed by atoms with van der Waals surface area (Å²) in [6.45, 7) is 4.56. The van der Waals surface area contributed by atoms with Crippen LogP contribution in [-0.4, -0.2) is 24.2 Å². The minimum atomic E-state index is -0.380. The van der Waals surface area contributed by atoms with Gasteiger partial charge in [0.25, 0.3) is 0 Å². The summed E-state index contributed by atoms with van der Waals surface area (Å²) in [4.78, 5) is 12.2. The molecule has 0 radical (unpaired) electrons. The summed E-state index contributed by atoms with van der Waals surface area (Å²) >= 11 is 0. The molecule has 92 valence electrons. The second-order valence-corrected chi connectivity index (χ2v) is 5.26. The molecule has 0 saturated heterocycles. The van der Waals surface area contributed by atoms with E-state index in [-0.39, 0.29) is 11.5 Å². The topological polar surface area (TPSA) is 38.3 Å². The van der Waals surface area contributed by atoms with Gasteiger partial charge in [-0.1, -0.05) is 19.8 Å². The van der Waals surface area contributed by atoms with Crippen molar-refractivity contribution in [1.82, 2.24) is 5.32 Å². The van der Waals surface area contributed by atoms with Gasteiger partial charge < -0.3 is 4.74 Å². The zero-order valence-corrected chi connectivity index (χ0v) is 10.4. The fourth-order valence-electron chi connectivity index (χ4n) is 2.78. The molecule has 3 nitrogen and oxygen atoms in total. The number of nitrogens with one attached hydrogen (secondary N) is 1. The van der Waals surface area contributed by atoms with Crippen molar-refractivity contribution in [2.75, 3.05) is 6.61 Å². The van der Waals surface area contributed by atoms with E-state index in [4.69, 9.17) is 4.74 Å². The predicted octanol–water partition coefficient (Wildman–Crippen LogP) is 2.25. The van der Waals surface area contributed by atoms with Gasteiger partial charge in [-0.15, -0.1) is 0 Å². The first-order valence-electron chi connectivity index (χ1n) is 6.64. The molecule has 0 heterocycles. The van der Waals surface area contributed by atoms with E-state index >= 15 is 0 Å². The molecule has 2 fully saturated rings. The van der Waals surface area contributed by atoms with Crippen molar-refractivity contribution in [3.05, 3.63) is 0 Å². The molecule has 2 rings (SSSR count). The van der Waals surface area contributed by atoms with Crippen LogP contribution in [0.2, 0.25) is 0 Å². The predicted molar refractivity (Wildman–Crippen MR) is 63.2 cm³/mol. The van der Waals surface area contributed by atoms with Crippen LogP contribution in [-0.2, 0) is 9.53 Å². The van der Waals surface area contributed by atoms with E-state index in [9.17, 15) is 4.79 Å². The van der Waals surface area contributed by atoms with Crippen LogP contribution < -0.4 is 5.32 Å². The van der Waals surface area contributed by atoms with Crippen LogP contribution in [0.1, 0.15) is 52.4 Å². The van der Waals surface area contributed by atoms with Gasteiger partial charge in [-0.3, -0.25) is 10.1 Å². The first kappa shape index (κ1) is 11.9. The Morgan fingerprint density at radius 1 is 1.38 bits per heavy atom. The van der Waals surface area contributed by atoms with Gasteiger partial charge in [-0.05, 0) is 38.5 Å². The van der Waals surface area contributed by atoms with Crippen molar-refractivity contribution in [3.63, 3.8) is 0 Å². The molecule has 0 amide bonds. The van der Waals surface area contributed by atoms with Crippen molar-refractivity contribution in [2.45, 2.75) is 64.0 Å². The molecule has 0 aromatic carbocycles. The molecule has 2 atom stereocenters. The zero-order chi connectivity index (χ0) is 11.6. The smallest absolute Gasteiger partial charge is 0.326 e. The lowest BCUT2D eigenvalue weighted by Crippen LogP contribution is -2.59. The lowest BCUT2D eigenvalue weighted by Gasteiger charge is -2.41. The maximum Gasteiger partial charge on any atom is 0.326 e. The van der Waals surface area contributed by atoms with Crippen LogP contribution in [0.4, 0.5) is 0 Å². The zero-order valence-electron chi connectivity index (χ0n) is 10.4. The van der Waals surface area contributed by atoms with Crippen LogP contribution in [0.3, 0.4) is 0 Å². The molecule has 2 aliphatic rings. The Bertz CT molecular complexity index is 263. The molecule has 0 aromatic heterocycles. The summed E-state index contributed by atoms with van der Waals surface area (Å²) < 4.78 is 5.28. The van der Waals surface area contributed by atoms with E-state index in [1.54, 1.807) is 0 Å². The molecule has 2 unspecified atom stereocenters. The minimum Gasteiger partial charge on any atom is -0.465 e. The maximum atomic E-state index is 12.2. The number of hydrogen-bond donors (Lipinski definition) is 1. The quantitative estimate of drug-likeness (QED) is 0.746. The second-order valence-electron chi connectivity index (χ2n) is 5.26. The maximum absolute atomic E-state index is 12.2. The molecule has 0 spiro atoms. The van der Waals surface area contributed by atoms with E-state index in [1.807, 2.05) is 6.92 Å². The van der Waals surface area contributed by atoms with Gasteiger partial charge in [0.1, 0.15) is 5.54 Å². The van der Waals surface area contributed by atoms with Crippen LogP contribution in [0, 0.1) is 5.92 Å². The van der Waals surface area contributed by atoms with Gasteiger partial charge >= 0.3 is 5.97 Å². The highest BCUT2D eigenvalue weighted by molar-refractivity contribution is 5.81. The Balaban J connectivity index is 2.11. The summed E-state index contributed by atoms with van der Waals surface area (Å²) in [6.07, 6.45) is 6.90. The SMILES string of the molecule is CCOC(=O)C1(NC2CC2)CCCCC1C. The Labute approximate surface area is 97.9 Å². The Hall–Kier alpha value is -0.570. The number of hydrogen-bond acceptors (Lipinski definition) is 3. The molecule has 0 bridgehead atoms. The van der Waals surface area contributed by atoms with Gasteiger partial charge in [0.15, 0.2) is 0 Å². The fourth-order valence-corrected chi connectivity index (χ4v) is 2.78. The Kier molecular flexibility index (Phi) is 3.53. The van der Waals surface area contributed by atoms with Crippen molar-refractivity contribution >= 4 is 5.97 Å². The van der Waals surface area contributed by atoms with E-state index in [0.29, 0.717) is 18.6 Å². The fraction of sp³-hybridized carbons (Fsp3) is 0.923. The lowest BCUT2D eigenvalue weighted by atomic mass is 9.73. The van der Waals surface area contributed by atoms with Crippen molar-refractivity contribution < 1.29 is 9.53 Å². The molecular formula is C13H23NO2. The summed E-state index contributed by atoms with van der Waals surface area (Å²) in [5, 5.41) is 3.57. The molecule has 3 heteroatoms.